The average Bonchev–Trinajstić information content (AvgIpc) is 2.70. The van der Waals surface area contributed by atoms with Crippen molar-refractivity contribution in [2.45, 2.75) is 26.7 Å². The Bertz CT molecular complexity index is 126. The molecule has 0 fully saturated rings. The van der Waals surface area contributed by atoms with Crippen LogP contribution >= 0.6 is 32.9 Å². The summed E-state index contributed by atoms with van der Waals surface area (Å²) in [5.41, 5.74) is 0. The van der Waals surface area contributed by atoms with Crippen molar-refractivity contribution in [3.63, 3.8) is 0 Å². The standard InChI is InChI=1S/C6H14S2.C4H4S/c1-3-5-7-8-6-4-2;1-2-4-5-3-1/h3-6H2,1-2H3;1-4H. The molecule has 0 saturated carbocycles. The predicted molar refractivity (Wildman–Crippen MR) is 69.8 cm³/mol. The molecule has 0 nitrogen and oxygen atoms in total. The van der Waals surface area contributed by atoms with Crippen LogP contribution in [0.25, 0.3) is 0 Å². The third-order valence-electron chi connectivity index (χ3n) is 1.08. The monoisotopic (exact) mass is 234 g/mol. The molecular formula is C10H18S3. The van der Waals surface area contributed by atoms with E-state index in [2.05, 4.69) is 13.8 Å². The van der Waals surface area contributed by atoms with Crippen LogP contribution in [0, 0.1) is 0 Å². The van der Waals surface area contributed by atoms with E-state index in [1.165, 1.54) is 24.3 Å². The first-order chi connectivity index (χ1) is 6.41. The molecule has 0 bridgehead atoms. The Morgan fingerprint density at radius 2 is 1.38 bits per heavy atom. The molecule has 0 unspecified atom stereocenters. The van der Waals surface area contributed by atoms with Crippen molar-refractivity contribution in [3.8, 4) is 0 Å². The summed E-state index contributed by atoms with van der Waals surface area (Å²) in [6.45, 7) is 4.44. The van der Waals surface area contributed by atoms with Crippen LogP contribution in [0.5, 0.6) is 0 Å². The molecule has 13 heavy (non-hydrogen) atoms. The van der Waals surface area contributed by atoms with Gasteiger partial charge in [0, 0.05) is 11.5 Å². The molecule has 0 radical (unpaired) electrons. The van der Waals surface area contributed by atoms with E-state index in [0.717, 1.165) is 0 Å². The Hall–Kier alpha value is 0.400. The van der Waals surface area contributed by atoms with Gasteiger partial charge < -0.3 is 0 Å². The summed E-state index contributed by atoms with van der Waals surface area (Å²) in [7, 11) is 3.99. The zero-order valence-electron chi connectivity index (χ0n) is 8.36. The molecule has 0 spiro atoms. The van der Waals surface area contributed by atoms with Gasteiger partial charge in [-0.3, -0.25) is 0 Å². The molecule has 76 valence electrons. The predicted octanol–water partition coefficient (Wildman–Crippen LogP) is 4.94. The van der Waals surface area contributed by atoms with Gasteiger partial charge in [-0.25, -0.2) is 0 Å². The lowest BCUT2D eigenvalue weighted by Gasteiger charge is -1.93. The van der Waals surface area contributed by atoms with Gasteiger partial charge in [-0.05, 0) is 23.6 Å². The normalized spacial score (nSPS) is 9.08. The van der Waals surface area contributed by atoms with E-state index in [4.69, 9.17) is 0 Å². The first-order valence-corrected chi connectivity index (χ1v) is 8.06. The fourth-order valence-electron chi connectivity index (χ4n) is 0.511. The quantitative estimate of drug-likeness (QED) is 0.523. The third kappa shape index (κ3) is 12.4. The minimum atomic E-state index is 1.31. The van der Waals surface area contributed by atoms with Gasteiger partial charge in [0.2, 0.25) is 0 Å². The summed E-state index contributed by atoms with van der Waals surface area (Å²) in [5, 5.41) is 4.08. The summed E-state index contributed by atoms with van der Waals surface area (Å²) in [5.74, 6) is 2.62. The number of hydrogen-bond donors (Lipinski definition) is 0. The van der Waals surface area contributed by atoms with Gasteiger partial charge in [-0.2, -0.15) is 11.3 Å². The zero-order chi connectivity index (χ0) is 9.78. The maximum Gasteiger partial charge on any atom is 0.00343 e. The van der Waals surface area contributed by atoms with E-state index in [-0.39, 0.29) is 0 Å². The highest BCUT2D eigenvalue weighted by Gasteiger charge is 1.83. The lowest BCUT2D eigenvalue weighted by molar-refractivity contribution is 1.11. The highest BCUT2D eigenvalue weighted by atomic mass is 33.1. The van der Waals surface area contributed by atoms with Crippen LogP contribution in [0.3, 0.4) is 0 Å². The largest absolute Gasteiger partial charge is 0.152 e. The van der Waals surface area contributed by atoms with Crippen molar-refractivity contribution < 1.29 is 0 Å². The SMILES string of the molecule is CCCSSCCC.c1ccsc1. The minimum Gasteiger partial charge on any atom is -0.152 e. The van der Waals surface area contributed by atoms with Gasteiger partial charge in [0.1, 0.15) is 0 Å². The topological polar surface area (TPSA) is 0 Å². The molecule has 0 aromatic carbocycles. The van der Waals surface area contributed by atoms with E-state index in [9.17, 15) is 0 Å². The van der Waals surface area contributed by atoms with E-state index in [0.29, 0.717) is 0 Å². The van der Waals surface area contributed by atoms with Crippen molar-refractivity contribution in [2.75, 3.05) is 11.5 Å². The Morgan fingerprint density at radius 1 is 0.923 bits per heavy atom. The summed E-state index contributed by atoms with van der Waals surface area (Å²) < 4.78 is 0. The molecule has 0 amide bonds. The highest BCUT2D eigenvalue weighted by molar-refractivity contribution is 8.76. The van der Waals surface area contributed by atoms with Gasteiger partial charge >= 0.3 is 0 Å². The Balaban J connectivity index is 0.000000243. The second kappa shape index (κ2) is 12.4. The lowest BCUT2D eigenvalue weighted by atomic mass is 10.6. The molecule has 1 heterocycles. The molecule has 1 rings (SSSR count). The maximum absolute atomic E-state index is 2.22. The molecule has 1 aromatic rings. The highest BCUT2D eigenvalue weighted by Crippen LogP contribution is 2.21. The van der Waals surface area contributed by atoms with Crippen LogP contribution in [0.4, 0.5) is 0 Å². The lowest BCUT2D eigenvalue weighted by Crippen LogP contribution is -1.70. The van der Waals surface area contributed by atoms with Gasteiger partial charge in [0.15, 0.2) is 0 Å². The molecule has 0 saturated heterocycles. The van der Waals surface area contributed by atoms with Gasteiger partial charge in [0.25, 0.3) is 0 Å². The summed E-state index contributed by atoms with van der Waals surface area (Å²) in [6.07, 6.45) is 2.61. The molecule has 1 aromatic heterocycles. The van der Waals surface area contributed by atoms with E-state index in [1.54, 1.807) is 11.3 Å². The molecule has 0 atom stereocenters. The first kappa shape index (κ1) is 13.4. The van der Waals surface area contributed by atoms with Crippen LogP contribution in [0.15, 0.2) is 22.9 Å². The Morgan fingerprint density at radius 3 is 1.62 bits per heavy atom. The van der Waals surface area contributed by atoms with Crippen LogP contribution < -0.4 is 0 Å². The third-order valence-corrected chi connectivity index (χ3v) is 4.53. The van der Waals surface area contributed by atoms with Crippen molar-refractivity contribution in [1.29, 1.82) is 0 Å². The summed E-state index contributed by atoms with van der Waals surface area (Å²) in [4.78, 5) is 0. The molecule has 0 N–H and O–H groups in total. The van der Waals surface area contributed by atoms with Crippen molar-refractivity contribution in [1.82, 2.24) is 0 Å². The van der Waals surface area contributed by atoms with Gasteiger partial charge in [-0.15, -0.1) is 0 Å². The van der Waals surface area contributed by atoms with Gasteiger partial charge in [-0.1, -0.05) is 47.6 Å². The van der Waals surface area contributed by atoms with Crippen LogP contribution in [-0.2, 0) is 0 Å². The number of hydrogen-bond acceptors (Lipinski definition) is 3. The average molecular weight is 234 g/mol. The molecule has 0 aliphatic rings. The van der Waals surface area contributed by atoms with Crippen molar-refractivity contribution in [2.24, 2.45) is 0 Å². The van der Waals surface area contributed by atoms with E-state index in [1.807, 2.05) is 44.5 Å². The smallest absolute Gasteiger partial charge is 0.00343 e. The van der Waals surface area contributed by atoms with Crippen LogP contribution in [0.1, 0.15) is 26.7 Å². The Labute approximate surface area is 93.9 Å². The number of rotatable bonds is 5. The van der Waals surface area contributed by atoms with Crippen molar-refractivity contribution in [3.05, 3.63) is 22.9 Å². The van der Waals surface area contributed by atoms with E-state index < -0.39 is 0 Å². The van der Waals surface area contributed by atoms with Crippen LogP contribution in [0.2, 0.25) is 0 Å². The maximum atomic E-state index is 2.22. The molecular weight excluding hydrogens is 216 g/mol. The van der Waals surface area contributed by atoms with E-state index >= 15 is 0 Å². The zero-order valence-corrected chi connectivity index (χ0v) is 10.8. The minimum absolute atomic E-state index is 1.31. The molecule has 0 aliphatic heterocycles. The second-order valence-corrected chi connectivity index (χ2v) is 5.96. The first-order valence-electron chi connectivity index (χ1n) is 4.63. The molecule has 0 aliphatic carbocycles. The fourth-order valence-corrected chi connectivity index (χ4v) is 3.24. The summed E-state index contributed by atoms with van der Waals surface area (Å²) in [6, 6.07) is 4.04. The number of thiophene rings is 1. The van der Waals surface area contributed by atoms with Gasteiger partial charge in [0.05, 0.1) is 0 Å². The summed E-state index contributed by atoms with van der Waals surface area (Å²) >= 11 is 1.71. The fraction of sp³-hybridized carbons (Fsp3) is 0.600. The Kier molecular flexibility index (Phi) is 12.8. The molecule has 3 heteroatoms. The second-order valence-electron chi connectivity index (χ2n) is 2.44. The van der Waals surface area contributed by atoms with Crippen LogP contribution in [-0.4, -0.2) is 11.5 Å². The van der Waals surface area contributed by atoms with Crippen molar-refractivity contribution >= 4 is 32.9 Å².